The summed E-state index contributed by atoms with van der Waals surface area (Å²) >= 11 is 0. The standard InChI is InChI=1S/C16H14N2O3/c17-13-5-1-3-11(9-13)7-8-15(19)18-14-6-2-4-12(10-14)16(20)21/h1-10H,17H2,(H,18,19)(H,20,21)/b8-7+. The highest BCUT2D eigenvalue weighted by Crippen LogP contribution is 2.11. The zero-order chi connectivity index (χ0) is 15.2. The number of anilines is 2. The van der Waals surface area contributed by atoms with E-state index in [9.17, 15) is 9.59 Å². The third kappa shape index (κ3) is 4.21. The second kappa shape index (κ2) is 6.38. The Bertz CT molecular complexity index is 708. The van der Waals surface area contributed by atoms with Gasteiger partial charge in [-0.3, -0.25) is 4.79 Å². The van der Waals surface area contributed by atoms with Gasteiger partial charge in [-0.25, -0.2) is 4.79 Å². The Morgan fingerprint density at radius 1 is 1.10 bits per heavy atom. The molecule has 0 saturated carbocycles. The molecule has 0 bridgehead atoms. The average Bonchev–Trinajstić information content (AvgIpc) is 2.45. The number of nitrogen functional groups attached to an aromatic ring is 1. The molecule has 4 N–H and O–H groups in total. The van der Waals surface area contributed by atoms with Crippen molar-refractivity contribution in [3.8, 4) is 0 Å². The summed E-state index contributed by atoms with van der Waals surface area (Å²) in [6.45, 7) is 0. The number of nitrogens with one attached hydrogen (secondary N) is 1. The fraction of sp³-hybridized carbons (Fsp3) is 0. The first kappa shape index (κ1) is 14.3. The normalized spacial score (nSPS) is 10.5. The predicted molar refractivity (Wildman–Crippen MR) is 81.9 cm³/mol. The number of carboxylic acid groups (broad SMARTS) is 1. The first-order chi connectivity index (χ1) is 10.0. The summed E-state index contributed by atoms with van der Waals surface area (Å²) in [6.07, 6.45) is 2.99. The van der Waals surface area contributed by atoms with Gasteiger partial charge in [0.05, 0.1) is 5.56 Å². The minimum Gasteiger partial charge on any atom is -0.478 e. The van der Waals surface area contributed by atoms with Crippen molar-refractivity contribution in [2.75, 3.05) is 11.1 Å². The van der Waals surface area contributed by atoms with Gasteiger partial charge in [-0.1, -0.05) is 18.2 Å². The Hall–Kier alpha value is -3.08. The van der Waals surface area contributed by atoms with Crippen molar-refractivity contribution in [1.82, 2.24) is 0 Å². The van der Waals surface area contributed by atoms with Crippen molar-refractivity contribution in [3.05, 3.63) is 65.7 Å². The van der Waals surface area contributed by atoms with Crippen LogP contribution in [0.15, 0.2) is 54.6 Å². The van der Waals surface area contributed by atoms with Gasteiger partial charge in [0.25, 0.3) is 0 Å². The summed E-state index contributed by atoms with van der Waals surface area (Å²) in [6, 6.07) is 13.2. The Balaban J connectivity index is 2.05. The van der Waals surface area contributed by atoms with Gasteiger partial charge in [0.15, 0.2) is 0 Å². The number of amides is 1. The van der Waals surface area contributed by atoms with Crippen LogP contribution in [-0.4, -0.2) is 17.0 Å². The number of carbonyl (C=O) groups excluding carboxylic acids is 1. The molecular weight excluding hydrogens is 268 g/mol. The topological polar surface area (TPSA) is 92.4 Å². The van der Waals surface area contributed by atoms with E-state index >= 15 is 0 Å². The lowest BCUT2D eigenvalue weighted by atomic mass is 10.2. The van der Waals surface area contributed by atoms with Crippen molar-refractivity contribution in [3.63, 3.8) is 0 Å². The van der Waals surface area contributed by atoms with Gasteiger partial charge in [0.2, 0.25) is 5.91 Å². The summed E-state index contributed by atoms with van der Waals surface area (Å²) in [5.41, 5.74) is 7.62. The van der Waals surface area contributed by atoms with Gasteiger partial charge in [-0.15, -0.1) is 0 Å². The SMILES string of the molecule is Nc1cccc(/C=C/C(=O)Nc2cccc(C(=O)O)c2)c1. The fourth-order valence-electron chi connectivity index (χ4n) is 1.75. The van der Waals surface area contributed by atoms with Crippen molar-refractivity contribution in [2.24, 2.45) is 0 Å². The zero-order valence-corrected chi connectivity index (χ0v) is 11.1. The number of carboxylic acids is 1. The van der Waals surface area contributed by atoms with Crippen LogP contribution in [0, 0.1) is 0 Å². The summed E-state index contributed by atoms with van der Waals surface area (Å²) < 4.78 is 0. The Morgan fingerprint density at radius 3 is 2.57 bits per heavy atom. The van der Waals surface area contributed by atoms with Crippen LogP contribution in [0.1, 0.15) is 15.9 Å². The van der Waals surface area contributed by atoms with Gasteiger partial charge in [-0.2, -0.15) is 0 Å². The number of carbonyl (C=O) groups is 2. The molecule has 0 unspecified atom stereocenters. The second-order valence-electron chi connectivity index (χ2n) is 4.38. The highest BCUT2D eigenvalue weighted by atomic mass is 16.4. The predicted octanol–water partition coefficient (Wildman–Crippen LogP) is 2.62. The second-order valence-corrected chi connectivity index (χ2v) is 4.38. The molecule has 2 aromatic rings. The molecule has 0 aliphatic rings. The van der Waals surface area contributed by atoms with Crippen LogP contribution >= 0.6 is 0 Å². The molecule has 0 spiro atoms. The van der Waals surface area contributed by atoms with Crippen molar-refractivity contribution in [2.45, 2.75) is 0 Å². The maximum absolute atomic E-state index is 11.8. The summed E-state index contributed by atoms with van der Waals surface area (Å²) in [5, 5.41) is 11.5. The minimum atomic E-state index is -1.04. The van der Waals surface area contributed by atoms with Crippen LogP contribution in [0.4, 0.5) is 11.4 Å². The fourth-order valence-corrected chi connectivity index (χ4v) is 1.75. The number of hydrogen-bond donors (Lipinski definition) is 3. The van der Waals surface area contributed by atoms with Gasteiger partial charge in [-0.05, 0) is 42.0 Å². The monoisotopic (exact) mass is 282 g/mol. The van der Waals surface area contributed by atoms with Crippen molar-refractivity contribution >= 4 is 29.3 Å². The molecule has 5 heteroatoms. The molecule has 0 aromatic heterocycles. The van der Waals surface area contributed by atoms with E-state index in [-0.39, 0.29) is 11.5 Å². The lowest BCUT2D eigenvalue weighted by Crippen LogP contribution is -2.08. The Labute approximate surface area is 121 Å². The minimum absolute atomic E-state index is 0.118. The van der Waals surface area contributed by atoms with Gasteiger partial charge < -0.3 is 16.2 Å². The molecule has 0 fully saturated rings. The van der Waals surface area contributed by atoms with Crippen LogP contribution in [0.2, 0.25) is 0 Å². The highest BCUT2D eigenvalue weighted by molar-refractivity contribution is 6.02. The molecule has 2 rings (SSSR count). The van der Waals surface area contributed by atoms with Crippen LogP contribution in [0.5, 0.6) is 0 Å². The quantitative estimate of drug-likeness (QED) is 0.593. The van der Waals surface area contributed by atoms with Crippen LogP contribution < -0.4 is 11.1 Å². The van der Waals surface area contributed by atoms with E-state index in [1.54, 1.807) is 36.4 Å². The molecule has 106 valence electrons. The number of rotatable bonds is 4. The van der Waals surface area contributed by atoms with Crippen LogP contribution in [-0.2, 0) is 4.79 Å². The molecule has 2 aromatic carbocycles. The van der Waals surface area contributed by atoms with Gasteiger partial charge in [0, 0.05) is 17.5 Å². The van der Waals surface area contributed by atoms with E-state index in [1.807, 2.05) is 6.07 Å². The molecule has 0 atom stereocenters. The maximum Gasteiger partial charge on any atom is 0.335 e. The van der Waals surface area contributed by atoms with E-state index < -0.39 is 5.97 Å². The summed E-state index contributed by atoms with van der Waals surface area (Å²) in [5.74, 6) is -1.39. The van der Waals surface area contributed by atoms with E-state index in [0.29, 0.717) is 11.4 Å². The molecule has 0 aliphatic heterocycles. The lowest BCUT2D eigenvalue weighted by Gasteiger charge is -2.03. The molecule has 0 aliphatic carbocycles. The van der Waals surface area contributed by atoms with Crippen molar-refractivity contribution < 1.29 is 14.7 Å². The first-order valence-electron chi connectivity index (χ1n) is 6.22. The van der Waals surface area contributed by atoms with Gasteiger partial charge in [0.1, 0.15) is 0 Å². The summed E-state index contributed by atoms with van der Waals surface area (Å²) in [4.78, 5) is 22.6. The smallest absolute Gasteiger partial charge is 0.335 e. The van der Waals surface area contributed by atoms with Crippen LogP contribution in [0.25, 0.3) is 6.08 Å². The molecular formula is C16H14N2O3. The van der Waals surface area contributed by atoms with Crippen molar-refractivity contribution in [1.29, 1.82) is 0 Å². The third-order valence-electron chi connectivity index (χ3n) is 2.71. The third-order valence-corrected chi connectivity index (χ3v) is 2.71. The molecule has 5 nitrogen and oxygen atoms in total. The molecule has 0 radical (unpaired) electrons. The summed E-state index contributed by atoms with van der Waals surface area (Å²) in [7, 11) is 0. The Kier molecular flexibility index (Phi) is 4.36. The maximum atomic E-state index is 11.8. The van der Waals surface area contributed by atoms with E-state index in [1.165, 1.54) is 18.2 Å². The number of nitrogens with two attached hydrogens (primary N) is 1. The van der Waals surface area contributed by atoms with E-state index in [0.717, 1.165) is 5.56 Å². The Morgan fingerprint density at radius 2 is 1.86 bits per heavy atom. The highest BCUT2D eigenvalue weighted by Gasteiger charge is 2.04. The number of hydrogen-bond acceptors (Lipinski definition) is 3. The molecule has 21 heavy (non-hydrogen) atoms. The number of benzene rings is 2. The molecule has 0 saturated heterocycles. The largest absolute Gasteiger partial charge is 0.478 e. The molecule has 0 heterocycles. The zero-order valence-electron chi connectivity index (χ0n) is 11.1. The van der Waals surface area contributed by atoms with Crippen LogP contribution in [0.3, 0.4) is 0 Å². The number of aromatic carboxylic acids is 1. The average molecular weight is 282 g/mol. The van der Waals surface area contributed by atoms with E-state index in [4.69, 9.17) is 10.8 Å². The molecule has 1 amide bonds. The van der Waals surface area contributed by atoms with Gasteiger partial charge >= 0.3 is 5.97 Å². The van der Waals surface area contributed by atoms with E-state index in [2.05, 4.69) is 5.32 Å². The first-order valence-corrected chi connectivity index (χ1v) is 6.22. The lowest BCUT2D eigenvalue weighted by molar-refractivity contribution is -0.111.